The van der Waals surface area contributed by atoms with Crippen LogP contribution in [-0.4, -0.2) is 34.1 Å². The number of aryl methyl sites for hydroxylation is 1. The van der Waals surface area contributed by atoms with E-state index >= 15 is 0 Å². The lowest BCUT2D eigenvalue weighted by Gasteiger charge is -2.37. The van der Waals surface area contributed by atoms with E-state index in [4.69, 9.17) is 21.3 Å². The topological polar surface area (TPSA) is 30.3 Å². The standard InChI is InChI=1S/C26H34ClN3O/c1-6-8-16-24(31-5)19(3)22-15-11-12-17-30(22)18-23-25(27)28-26(29(23)4)21-14-10-9-13-20(21)7-2/h6,8-10,13-14,16,22H,3,7,11-12,15,17-18H2,1-2,4-5H3/b8-6-,24-16+. The Morgan fingerprint density at radius 2 is 2.10 bits per heavy atom. The molecule has 1 unspecified atom stereocenters. The van der Waals surface area contributed by atoms with Crippen molar-refractivity contribution in [3.05, 3.63) is 76.8 Å². The number of hydrogen-bond acceptors (Lipinski definition) is 3. The maximum atomic E-state index is 6.67. The van der Waals surface area contributed by atoms with Crippen LogP contribution in [0.2, 0.25) is 5.15 Å². The molecule has 1 aromatic heterocycles. The minimum Gasteiger partial charge on any atom is -0.496 e. The van der Waals surface area contributed by atoms with E-state index in [0.29, 0.717) is 5.15 Å². The van der Waals surface area contributed by atoms with E-state index < -0.39 is 0 Å². The number of piperidine rings is 1. The van der Waals surface area contributed by atoms with Crippen LogP contribution in [0.15, 0.2) is 60.4 Å². The SMILES string of the molecule is C=C(/C(=C\C=C/C)OC)C1CCCCN1Cc1c(Cl)nc(-c2ccccc2CC)n1C. The van der Waals surface area contributed by atoms with E-state index in [0.717, 1.165) is 54.3 Å². The fourth-order valence-corrected chi connectivity index (χ4v) is 4.65. The third-order valence-corrected chi connectivity index (χ3v) is 6.45. The number of benzene rings is 1. The summed E-state index contributed by atoms with van der Waals surface area (Å²) < 4.78 is 7.79. The zero-order chi connectivity index (χ0) is 22.4. The number of aromatic nitrogens is 2. The highest BCUT2D eigenvalue weighted by molar-refractivity contribution is 6.30. The molecule has 3 rings (SSSR count). The Labute approximate surface area is 191 Å². The fourth-order valence-electron chi connectivity index (χ4n) is 4.38. The first-order valence-corrected chi connectivity index (χ1v) is 11.5. The number of hydrogen-bond donors (Lipinski definition) is 0. The van der Waals surface area contributed by atoms with E-state index in [9.17, 15) is 0 Å². The van der Waals surface area contributed by atoms with Gasteiger partial charge in [0.2, 0.25) is 0 Å². The molecule has 0 N–H and O–H groups in total. The van der Waals surface area contributed by atoms with Gasteiger partial charge in [0.05, 0.1) is 12.8 Å². The van der Waals surface area contributed by atoms with E-state index in [1.807, 2.05) is 25.2 Å². The molecule has 0 spiro atoms. The number of likely N-dealkylation sites (tertiary alicyclic amines) is 1. The molecule has 31 heavy (non-hydrogen) atoms. The molecular formula is C26H34ClN3O. The van der Waals surface area contributed by atoms with Crippen LogP contribution in [0.25, 0.3) is 11.4 Å². The van der Waals surface area contributed by atoms with Gasteiger partial charge in [-0.25, -0.2) is 4.98 Å². The summed E-state index contributed by atoms with van der Waals surface area (Å²) in [5, 5.41) is 0.578. The Morgan fingerprint density at radius 1 is 1.32 bits per heavy atom. The smallest absolute Gasteiger partial charge is 0.152 e. The maximum absolute atomic E-state index is 6.67. The molecule has 1 aliphatic rings. The fraction of sp³-hybridized carbons (Fsp3) is 0.423. The number of imidazole rings is 1. The second-order valence-electron chi connectivity index (χ2n) is 8.01. The van der Waals surface area contributed by atoms with Gasteiger partial charge in [-0.3, -0.25) is 4.90 Å². The molecule has 1 aromatic carbocycles. The van der Waals surface area contributed by atoms with Gasteiger partial charge in [-0.2, -0.15) is 0 Å². The third kappa shape index (κ3) is 5.13. The lowest BCUT2D eigenvalue weighted by molar-refractivity contribution is 0.153. The third-order valence-electron chi connectivity index (χ3n) is 6.15. The molecule has 1 fully saturated rings. The van der Waals surface area contributed by atoms with E-state index in [-0.39, 0.29) is 6.04 Å². The van der Waals surface area contributed by atoms with Crippen LogP contribution in [0.1, 0.15) is 44.4 Å². The highest BCUT2D eigenvalue weighted by atomic mass is 35.5. The Bertz CT molecular complexity index is 973. The first-order chi connectivity index (χ1) is 15.0. The summed E-state index contributed by atoms with van der Waals surface area (Å²) in [6.45, 7) is 10.3. The predicted octanol–water partition coefficient (Wildman–Crippen LogP) is 6.32. The highest BCUT2D eigenvalue weighted by Crippen LogP contribution is 2.32. The Hall–Kier alpha value is -2.30. The Balaban J connectivity index is 1.90. The van der Waals surface area contributed by atoms with Crippen LogP contribution in [0.3, 0.4) is 0 Å². The molecule has 0 amide bonds. The maximum Gasteiger partial charge on any atom is 0.152 e. The zero-order valence-electron chi connectivity index (χ0n) is 19.2. The average molecular weight is 440 g/mol. The average Bonchev–Trinajstić information content (AvgIpc) is 3.07. The van der Waals surface area contributed by atoms with Gasteiger partial charge >= 0.3 is 0 Å². The van der Waals surface area contributed by atoms with Crippen LogP contribution in [0, 0.1) is 0 Å². The zero-order valence-corrected chi connectivity index (χ0v) is 20.0. The summed E-state index contributed by atoms with van der Waals surface area (Å²) in [5.41, 5.74) is 4.49. The predicted molar refractivity (Wildman–Crippen MR) is 130 cm³/mol. The number of ether oxygens (including phenoxy) is 1. The summed E-state index contributed by atoms with van der Waals surface area (Å²) >= 11 is 6.67. The summed E-state index contributed by atoms with van der Waals surface area (Å²) in [5.74, 6) is 1.76. The molecule has 166 valence electrons. The molecule has 1 aliphatic heterocycles. The molecule has 1 atom stereocenters. The second kappa shape index (κ2) is 10.8. The molecule has 0 bridgehead atoms. The number of rotatable bonds is 8. The van der Waals surface area contributed by atoms with Crippen molar-refractivity contribution in [3.63, 3.8) is 0 Å². The highest BCUT2D eigenvalue weighted by Gasteiger charge is 2.29. The van der Waals surface area contributed by atoms with Crippen molar-refractivity contribution < 1.29 is 4.74 Å². The molecule has 2 heterocycles. The lowest BCUT2D eigenvalue weighted by atomic mass is 9.94. The quantitative estimate of drug-likeness (QED) is 0.356. The summed E-state index contributed by atoms with van der Waals surface area (Å²) in [7, 11) is 3.78. The number of nitrogens with zero attached hydrogens (tertiary/aromatic N) is 3. The van der Waals surface area contributed by atoms with Gasteiger partial charge in [0.1, 0.15) is 11.6 Å². The largest absolute Gasteiger partial charge is 0.496 e. The Kier molecular flexibility index (Phi) is 8.16. The van der Waals surface area contributed by atoms with Gasteiger partial charge in [-0.1, -0.05) is 67.9 Å². The van der Waals surface area contributed by atoms with Gasteiger partial charge in [0.25, 0.3) is 0 Å². The van der Waals surface area contributed by atoms with Gasteiger partial charge < -0.3 is 9.30 Å². The van der Waals surface area contributed by atoms with Crippen molar-refractivity contribution in [2.24, 2.45) is 7.05 Å². The molecule has 0 aliphatic carbocycles. The van der Waals surface area contributed by atoms with Crippen LogP contribution in [0.4, 0.5) is 0 Å². The first-order valence-electron chi connectivity index (χ1n) is 11.1. The molecule has 4 nitrogen and oxygen atoms in total. The molecule has 0 radical (unpaired) electrons. The van der Waals surface area contributed by atoms with Crippen LogP contribution in [0.5, 0.6) is 0 Å². The van der Waals surface area contributed by atoms with Gasteiger partial charge in [0.15, 0.2) is 5.15 Å². The van der Waals surface area contributed by atoms with Gasteiger partial charge in [-0.05, 0) is 44.4 Å². The summed E-state index contributed by atoms with van der Waals surface area (Å²) in [6, 6.07) is 8.65. The minimum atomic E-state index is 0.225. The lowest BCUT2D eigenvalue weighted by Crippen LogP contribution is -2.41. The number of methoxy groups -OCH3 is 1. The summed E-state index contributed by atoms with van der Waals surface area (Å²) in [4.78, 5) is 7.22. The second-order valence-corrected chi connectivity index (χ2v) is 8.37. The van der Waals surface area contributed by atoms with Crippen LogP contribution in [-0.2, 0) is 24.8 Å². The molecule has 5 heteroatoms. The molecular weight excluding hydrogens is 406 g/mol. The van der Waals surface area contributed by atoms with Crippen molar-refractivity contribution in [2.45, 2.75) is 52.1 Å². The Morgan fingerprint density at radius 3 is 2.81 bits per heavy atom. The van der Waals surface area contributed by atoms with Gasteiger partial charge in [-0.15, -0.1) is 0 Å². The van der Waals surface area contributed by atoms with Crippen molar-refractivity contribution in [2.75, 3.05) is 13.7 Å². The van der Waals surface area contributed by atoms with E-state index in [1.165, 1.54) is 18.4 Å². The van der Waals surface area contributed by atoms with E-state index in [2.05, 4.69) is 54.3 Å². The first kappa shape index (κ1) is 23.4. The van der Waals surface area contributed by atoms with Crippen molar-refractivity contribution >= 4 is 11.6 Å². The van der Waals surface area contributed by atoms with Crippen LogP contribution >= 0.6 is 11.6 Å². The summed E-state index contributed by atoms with van der Waals surface area (Å²) in [6.07, 6.45) is 10.4. The van der Waals surface area contributed by atoms with Crippen molar-refractivity contribution in [3.8, 4) is 11.4 Å². The minimum absolute atomic E-state index is 0.225. The van der Waals surface area contributed by atoms with Crippen molar-refractivity contribution in [1.82, 2.24) is 14.5 Å². The molecule has 1 saturated heterocycles. The van der Waals surface area contributed by atoms with Crippen LogP contribution < -0.4 is 0 Å². The molecule has 2 aromatic rings. The van der Waals surface area contributed by atoms with Crippen molar-refractivity contribution in [1.29, 1.82) is 0 Å². The van der Waals surface area contributed by atoms with E-state index in [1.54, 1.807) is 7.11 Å². The molecule has 0 saturated carbocycles. The number of allylic oxidation sites excluding steroid dienone is 3. The number of halogens is 1. The monoisotopic (exact) mass is 439 g/mol. The van der Waals surface area contributed by atoms with Gasteiger partial charge in [0, 0.05) is 30.8 Å². The normalized spacial score (nSPS) is 18.0.